The lowest BCUT2D eigenvalue weighted by molar-refractivity contribution is -0.143. The first-order valence-corrected chi connectivity index (χ1v) is 14.6. The lowest BCUT2D eigenvalue weighted by Gasteiger charge is -2.38. The molecule has 9 heteroatoms. The third-order valence-corrected chi connectivity index (χ3v) is 11.3. The summed E-state index contributed by atoms with van der Waals surface area (Å²) < 4.78 is -0.770. The SMILES string of the molecule is C=CCN(C)C(=O)[C@H]1[C@H]2C(=O)N(CCO)C(C(=O)N(CC=C)c3ccc4ccccc4c3)C23CC(Br)[C@@H]1S3. The molecule has 3 fully saturated rings. The molecule has 7 nitrogen and oxygen atoms in total. The lowest BCUT2D eigenvalue weighted by atomic mass is 9.70. The van der Waals surface area contributed by atoms with Gasteiger partial charge in [-0.1, -0.05) is 58.4 Å². The Bertz CT molecular complexity index is 1300. The standard InChI is InChI=1S/C29H32BrN3O4S/c1-4-12-31(3)26(35)22-23-27(36)33(14-15-34)25(29(23)17-21(30)24(22)38-29)28(37)32(13-5-2)20-11-10-18-8-6-7-9-19(18)16-20/h4-11,16,21-25,34H,1-2,12-15,17H2,3H3/t21?,22-,23-,24-,25?,29?/m0/s1. The highest BCUT2D eigenvalue weighted by Gasteiger charge is 2.76. The number of anilines is 1. The molecule has 3 heterocycles. The van der Waals surface area contributed by atoms with Gasteiger partial charge in [0.15, 0.2) is 0 Å². The predicted octanol–water partition coefficient (Wildman–Crippen LogP) is 3.46. The van der Waals surface area contributed by atoms with Crippen LogP contribution in [0.1, 0.15) is 6.42 Å². The van der Waals surface area contributed by atoms with Crippen molar-refractivity contribution in [3.63, 3.8) is 0 Å². The van der Waals surface area contributed by atoms with Gasteiger partial charge in [-0.25, -0.2) is 0 Å². The van der Waals surface area contributed by atoms with Crippen molar-refractivity contribution in [1.82, 2.24) is 9.80 Å². The van der Waals surface area contributed by atoms with Crippen LogP contribution in [-0.2, 0) is 14.4 Å². The summed E-state index contributed by atoms with van der Waals surface area (Å²) in [5, 5.41) is 11.8. The van der Waals surface area contributed by atoms with Gasteiger partial charge in [0.25, 0.3) is 5.91 Å². The Morgan fingerprint density at radius 2 is 1.87 bits per heavy atom. The van der Waals surface area contributed by atoms with Crippen molar-refractivity contribution >= 4 is 61.9 Å². The minimum Gasteiger partial charge on any atom is -0.395 e. The van der Waals surface area contributed by atoms with Crippen LogP contribution in [0.15, 0.2) is 67.8 Å². The van der Waals surface area contributed by atoms with E-state index in [1.165, 1.54) is 4.90 Å². The predicted molar refractivity (Wildman–Crippen MR) is 155 cm³/mol. The normalized spacial score (nSPS) is 29.4. The summed E-state index contributed by atoms with van der Waals surface area (Å²) in [6.07, 6.45) is 3.93. The number of alkyl halides is 1. The molecule has 0 saturated carbocycles. The van der Waals surface area contributed by atoms with Crippen LogP contribution >= 0.6 is 27.7 Å². The Balaban J connectivity index is 1.58. The van der Waals surface area contributed by atoms with Gasteiger partial charge < -0.3 is 19.8 Å². The van der Waals surface area contributed by atoms with E-state index in [1.807, 2.05) is 42.5 Å². The van der Waals surface area contributed by atoms with Gasteiger partial charge in [-0.05, 0) is 29.3 Å². The van der Waals surface area contributed by atoms with E-state index >= 15 is 0 Å². The molecule has 1 spiro atoms. The smallest absolute Gasteiger partial charge is 0.251 e. The molecule has 5 rings (SSSR count). The van der Waals surface area contributed by atoms with Crippen LogP contribution < -0.4 is 4.90 Å². The number of likely N-dealkylation sites (N-methyl/N-ethyl adjacent to an activating group) is 1. The van der Waals surface area contributed by atoms with Crippen LogP contribution in [0, 0.1) is 11.8 Å². The number of fused-ring (bicyclic) bond motifs is 2. The molecule has 0 radical (unpaired) electrons. The molecule has 3 aliphatic rings. The number of aliphatic hydroxyl groups excluding tert-OH is 1. The number of halogens is 1. The van der Waals surface area contributed by atoms with Gasteiger partial charge in [-0.2, -0.15) is 0 Å². The number of likely N-dealkylation sites (tertiary alicyclic amines) is 1. The van der Waals surface area contributed by atoms with E-state index in [0.717, 1.165) is 16.5 Å². The fraction of sp³-hybridized carbons (Fsp3) is 0.414. The average Bonchev–Trinajstić information content (AvgIpc) is 3.50. The highest BCUT2D eigenvalue weighted by atomic mass is 79.9. The minimum atomic E-state index is -0.809. The zero-order chi connectivity index (χ0) is 27.2. The summed E-state index contributed by atoms with van der Waals surface area (Å²) in [6, 6.07) is 13.0. The van der Waals surface area contributed by atoms with Gasteiger partial charge in [0.2, 0.25) is 11.8 Å². The van der Waals surface area contributed by atoms with E-state index in [0.29, 0.717) is 13.0 Å². The zero-order valence-corrected chi connectivity index (χ0v) is 23.7. The molecule has 2 aromatic carbocycles. The molecule has 2 aromatic rings. The van der Waals surface area contributed by atoms with Crippen molar-refractivity contribution in [2.24, 2.45) is 11.8 Å². The number of aliphatic hydroxyl groups is 1. The maximum absolute atomic E-state index is 14.5. The molecule has 3 unspecified atom stereocenters. The van der Waals surface area contributed by atoms with Gasteiger partial charge in [0.1, 0.15) is 6.04 Å². The van der Waals surface area contributed by atoms with Gasteiger partial charge in [-0.3, -0.25) is 14.4 Å². The Labute approximate surface area is 235 Å². The molecule has 3 aliphatic heterocycles. The Morgan fingerprint density at radius 1 is 1.16 bits per heavy atom. The number of nitrogens with zero attached hydrogens (tertiary/aromatic N) is 3. The quantitative estimate of drug-likeness (QED) is 0.354. The summed E-state index contributed by atoms with van der Waals surface area (Å²) in [7, 11) is 1.72. The van der Waals surface area contributed by atoms with Crippen LogP contribution in [-0.4, -0.2) is 86.8 Å². The number of carbonyl (C=O) groups excluding carboxylic acids is 3. The van der Waals surface area contributed by atoms with Gasteiger partial charge in [-0.15, -0.1) is 24.9 Å². The molecule has 38 heavy (non-hydrogen) atoms. The number of hydrogen-bond acceptors (Lipinski definition) is 5. The first-order valence-electron chi connectivity index (χ1n) is 12.8. The molecular weight excluding hydrogens is 566 g/mol. The molecule has 1 N–H and O–H groups in total. The molecule has 2 bridgehead atoms. The second-order valence-electron chi connectivity index (χ2n) is 10.2. The van der Waals surface area contributed by atoms with Gasteiger partial charge >= 0.3 is 0 Å². The summed E-state index contributed by atoms with van der Waals surface area (Å²) in [4.78, 5) is 46.9. The molecule has 0 aliphatic carbocycles. The molecule has 200 valence electrons. The van der Waals surface area contributed by atoms with Crippen LogP contribution in [0.2, 0.25) is 0 Å². The summed E-state index contributed by atoms with van der Waals surface area (Å²) in [5.74, 6) is -1.74. The van der Waals surface area contributed by atoms with Crippen LogP contribution in [0.4, 0.5) is 5.69 Å². The van der Waals surface area contributed by atoms with Crippen molar-refractivity contribution in [2.75, 3.05) is 38.2 Å². The van der Waals surface area contributed by atoms with Gasteiger partial charge in [0, 0.05) is 42.4 Å². The number of amides is 3. The Morgan fingerprint density at radius 3 is 2.55 bits per heavy atom. The maximum atomic E-state index is 14.5. The number of hydrogen-bond donors (Lipinski definition) is 1. The minimum absolute atomic E-state index is 0.0134. The largest absolute Gasteiger partial charge is 0.395 e. The highest BCUT2D eigenvalue weighted by molar-refractivity contribution is 9.09. The van der Waals surface area contributed by atoms with Crippen LogP contribution in [0.5, 0.6) is 0 Å². The summed E-state index contributed by atoms with van der Waals surface area (Å²) >= 11 is 5.38. The van der Waals surface area contributed by atoms with E-state index in [1.54, 1.807) is 40.8 Å². The molecule has 0 aromatic heterocycles. The maximum Gasteiger partial charge on any atom is 0.251 e. The van der Waals surface area contributed by atoms with E-state index < -0.39 is 22.6 Å². The van der Waals surface area contributed by atoms with Crippen molar-refractivity contribution < 1.29 is 19.5 Å². The van der Waals surface area contributed by atoms with Crippen molar-refractivity contribution in [1.29, 1.82) is 0 Å². The first kappa shape index (κ1) is 27.0. The second kappa shape index (κ2) is 10.5. The third-order valence-electron chi connectivity index (χ3n) is 8.05. The van der Waals surface area contributed by atoms with Crippen LogP contribution in [0.25, 0.3) is 10.8 Å². The third kappa shape index (κ3) is 4.10. The van der Waals surface area contributed by atoms with Crippen LogP contribution in [0.3, 0.4) is 0 Å². The Hall–Kier alpha value is -2.62. The number of carbonyl (C=O) groups is 3. The summed E-state index contributed by atoms with van der Waals surface area (Å²) in [5.41, 5.74) is 0.719. The average molecular weight is 599 g/mol. The van der Waals surface area contributed by atoms with E-state index in [2.05, 4.69) is 29.1 Å². The summed E-state index contributed by atoms with van der Waals surface area (Å²) in [6.45, 7) is 8.04. The van der Waals surface area contributed by atoms with Crippen molar-refractivity contribution in [3.8, 4) is 0 Å². The van der Waals surface area contributed by atoms with Crippen molar-refractivity contribution in [3.05, 3.63) is 67.8 Å². The van der Waals surface area contributed by atoms with E-state index in [-0.39, 0.29) is 47.5 Å². The molecule has 3 saturated heterocycles. The number of rotatable bonds is 9. The van der Waals surface area contributed by atoms with E-state index in [4.69, 9.17) is 0 Å². The fourth-order valence-electron chi connectivity index (χ4n) is 6.52. The zero-order valence-electron chi connectivity index (χ0n) is 21.3. The topological polar surface area (TPSA) is 81.2 Å². The molecule has 3 amide bonds. The number of β-amino-alcohol motifs (C(OH)–C–C–N with tert-alkyl or cyclic N) is 1. The molecule has 6 atom stereocenters. The van der Waals surface area contributed by atoms with Crippen molar-refractivity contribution in [2.45, 2.75) is 27.3 Å². The number of thioether (sulfide) groups is 1. The van der Waals surface area contributed by atoms with E-state index in [9.17, 15) is 19.5 Å². The van der Waals surface area contributed by atoms with Gasteiger partial charge in [0.05, 0.1) is 23.2 Å². The second-order valence-corrected chi connectivity index (χ2v) is 12.9. The lowest BCUT2D eigenvalue weighted by Crippen LogP contribution is -2.56. The number of benzene rings is 2. The monoisotopic (exact) mass is 597 g/mol. The highest BCUT2D eigenvalue weighted by Crippen LogP contribution is 2.68. The first-order chi connectivity index (χ1) is 18.3. The molecular formula is C29H32BrN3O4S. The fourth-order valence-corrected chi connectivity index (χ4v) is 10.1. The Kier molecular flexibility index (Phi) is 7.46.